The molecular formula is C21H19ClN2O2. The van der Waals surface area contributed by atoms with Gasteiger partial charge in [0.05, 0.1) is 5.57 Å². The number of anilines is 1. The molecule has 0 radical (unpaired) electrons. The molecule has 0 aromatic heterocycles. The Bertz CT molecular complexity index is 930. The summed E-state index contributed by atoms with van der Waals surface area (Å²) in [5.74, 6) is -0.703. The first-order valence-electron chi connectivity index (χ1n) is 8.24. The Morgan fingerprint density at radius 1 is 1.08 bits per heavy atom. The molecule has 2 amide bonds. The Labute approximate surface area is 157 Å². The van der Waals surface area contributed by atoms with Crippen molar-refractivity contribution in [2.75, 3.05) is 11.9 Å². The quantitative estimate of drug-likeness (QED) is 0.632. The first-order valence-corrected chi connectivity index (χ1v) is 8.61. The first-order chi connectivity index (χ1) is 12.4. The second-order valence-electron chi connectivity index (χ2n) is 6.21. The van der Waals surface area contributed by atoms with E-state index in [1.807, 2.05) is 44.2 Å². The zero-order valence-electron chi connectivity index (χ0n) is 14.7. The number of carbonyl (C=O) groups excluding carboxylic acids is 2. The lowest BCUT2D eigenvalue weighted by atomic mass is 10.0. The third-order valence-corrected chi connectivity index (χ3v) is 4.51. The number of imide groups is 1. The molecule has 0 aliphatic carbocycles. The molecule has 2 aromatic carbocycles. The van der Waals surface area contributed by atoms with Crippen molar-refractivity contribution in [1.29, 1.82) is 0 Å². The van der Waals surface area contributed by atoms with E-state index in [4.69, 9.17) is 11.6 Å². The summed E-state index contributed by atoms with van der Waals surface area (Å²) in [5, 5.41) is 3.68. The molecule has 0 spiro atoms. The van der Waals surface area contributed by atoms with Crippen LogP contribution in [0.3, 0.4) is 0 Å². The van der Waals surface area contributed by atoms with Gasteiger partial charge in [-0.15, -0.1) is 6.58 Å². The van der Waals surface area contributed by atoms with Crippen LogP contribution in [0.1, 0.15) is 16.7 Å². The van der Waals surface area contributed by atoms with Gasteiger partial charge in [0.1, 0.15) is 5.70 Å². The number of nitrogens with zero attached hydrogens (tertiary/aromatic N) is 1. The highest BCUT2D eigenvalue weighted by Gasteiger charge is 2.38. The molecule has 0 saturated carbocycles. The summed E-state index contributed by atoms with van der Waals surface area (Å²) in [4.78, 5) is 26.9. The number of rotatable bonds is 5. The topological polar surface area (TPSA) is 49.4 Å². The molecule has 1 aliphatic rings. The van der Waals surface area contributed by atoms with E-state index in [-0.39, 0.29) is 24.1 Å². The van der Waals surface area contributed by atoms with Crippen LogP contribution >= 0.6 is 11.6 Å². The van der Waals surface area contributed by atoms with Crippen LogP contribution in [0, 0.1) is 13.8 Å². The first kappa shape index (κ1) is 18.0. The van der Waals surface area contributed by atoms with E-state index < -0.39 is 0 Å². The molecule has 0 bridgehead atoms. The molecule has 1 heterocycles. The second kappa shape index (κ2) is 7.18. The number of nitrogens with one attached hydrogen (secondary N) is 1. The molecule has 0 saturated heterocycles. The largest absolute Gasteiger partial charge is 0.350 e. The number of benzene rings is 2. The minimum atomic E-state index is -0.371. The Hall–Kier alpha value is -2.85. The van der Waals surface area contributed by atoms with Gasteiger partial charge in [-0.2, -0.15) is 0 Å². The maximum atomic E-state index is 12.9. The molecule has 2 aromatic rings. The van der Waals surface area contributed by atoms with E-state index in [2.05, 4.69) is 11.9 Å². The Balaban J connectivity index is 2.12. The van der Waals surface area contributed by atoms with Crippen LogP contribution in [0.25, 0.3) is 5.57 Å². The van der Waals surface area contributed by atoms with Gasteiger partial charge in [-0.05, 0) is 37.1 Å². The zero-order chi connectivity index (χ0) is 18.8. The van der Waals surface area contributed by atoms with Crippen LogP contribution in [-0.2, 0) is 9.59 Å². The molecule has 1 N–H and O–H groups in total. The highest BCUT2D eigenvalue weighted by atomic mass is 35.5. The normalized spacial score (nSPS) is 14.2. The average molecular weight is 367 g/mol. The molecule has 26 heavy (non-hydrogen) atoms. The lowest BCUT2D eigenvalue weighted by Gasteiger charge is -2.13. The molecule has 5 heteroatoms. The van der Waals surface area contributed by atoms with Gasteiger partial charge in [0.2, 0.25) is 0 Å². The smallest absolute Gasteiger partial charge is 0.278 e. The number of hydrogen-bond donors (Lipinski definition) is 1. The number of aryl methyl sites for hydroxylation is 2. The van der Waals surface area contributed by atoms with Gasteiger partial charge < -0.3 is 5.32 Å². The summed E-state index contributed by atoms with van der Waals surface area (Å²) in [6, 6.07) is 12.9. The molecule has 3 rings (SSSR count). The highest BCUT2D eigenvalue weighted by molar-refractivity contribution is 6.36. The second-order valence-corrected chi connectivity index (χ2v) is 6.65. The Morgan fingerprint density at radius 2 is 1.77 bits per heavy atom. The van der Waals surface area contributed by atoms with Crippen molar-refractivity contribution < 1.29 is 9.59 Å². The number of hydrogen-bond acceptors (Lipinski definition) is 3. The molecule has 4 nitrogen and oxygen atoms in total. The summed E-state index contributed by atoms with van der Waals surface area (Å²) < 4.78 is 0. The fourth-order valence-corrected chi connectivity index (χ4v) is 3.01. The van der Waals surface area contributed by atoms with Crippen LogP contribution < -0.4 is 5.32 Å². The van der Waals surface area contributed by atoms with Crippen molar-refractivity contribution in [3.63, 3.8) is 0 Å². The molecule has 132 valence electrons. The number of carbonyl (C=O) groups is 2. The fraction of sp³-hybridized carbons (Fsp3) is 0.143. The van der Waals surface area contributed by atoms with Crippen molar-refractivity contribution in [3.05, 3.63) is 82.5 Å². The van der Waals surface area contributed by atoms with E-state index in [1.165, 1.54) is 11.0 Å². The van der Waals surface area contributed by atoms with Crippen molar-refractivity contribution in [2.45, 2.75) is 13.8 Å². The van der Waals surface area contributed by atoms with Crippen molar-refractivity contribution >= 4 is 34.7 Å². The maximum Gasteiger partial charge on any atom is 0.278 e. The van der Waals surface area contributed by atoms with Crippen LogP contribution in [0.4, 0.5) is 5.69 Å². The standard InChI is InChI=1S/C21H19ClN2O2/c1-4-11-24-20(25)18(15-8-5-13(2)6-9-15)19(21(24)26)23-17-12-16(22)10-7-14(17)3/h4-10,12,23H,1,11H2,2-3H3. The predicted molar refractivity (Wildman–Crippen MR) is 105 cm³/mol. The van der Waals surface area contributed by atoms with Gasteiger partial charge in [-0.3, -0.25) is 14.5 Å². The van der Waals surface area contributed by atoms with E-state index in [0.29, 0.717) is 21.8 Å². The average Bonchev–Trinajstić information content (AvgIpc) is 2.84. The van der Waals surface area contributed by atoms with Crippen LogP contribution in [0.5, 0.6) is 0 Å². The minimum Gasteiger partial charge on any atom is -0.350 e. The fourth-order valence-electron chi connectivity index (χ4n) is 2.84. The molecular weight excluding hydrogens is 348 g/mol. The van der Waals surface area contributed by atoms with E-state index in [1.54, 1.807) is 12.1 Å². The van der Waals surface area contributed by atoms with E-state index >= 15 is 0 Å². The van der Waals surface area contributed by atoms with E-state index in [9.17, 15) is 9.59 Å². The van der Waals surface area contributed by atoms with Crippen molar-refractivity contribution in [1.82, 2.24) is 4.90 Å². The van der Waals surface area contributed by atoms with Crippen molar-refractivity contribution in [3.8, 4) is 0 Å². The van der Waals surface area contributed by atoms with Crippen LogP contribution in [-0.4, -0.2) is 23.3 Å². The van der Waals surface area contributed by atoms with Gasteiger partial charge >= 0.3 is 0 Å². The van der Waals surface area contributed by atoms with Gasteiger partial charge in [0.15, 0.2) is 0 Å². The lowest BCUT2D eigenvalue weighted by molar-refractivity contribution is -0.136. The summed E-state index contributed by atoms with van der Waals surface area (Å²) in [5.41, 5.74) is 4.01. The Morgan fingerprint density at radius 3 is 2.42 bits per heavy atom. The minimum absolute atomic E-state index is 0.159. The summed E-state index contributed by atoms with van der Waals surface area (Å²) >= 11 is 6.08. The third-order valence-electron chi connectivity index (χ3n) is 4.28. The van der Waals surface area contributed by atoms with Gasteiger partial charge in [-0.1, -0.05) is 53.6 Å². The van der Waals surface area contributed by atoms with Crippen molar-refractivity contribution in [2.24, 2.45) is 0 Å². The third kappa shape index (κ3) is 3.28. The molecule has 1 aliphatic heterocycles. The maximum absolute atomic E-state index is 12.9. The van der Waals surface area contributed by atoms with Gasteiger partial charge in [0, 0.05) is 17.3 Å². The Kier molecular flexibility index (Phi) is 4.96. The highest BCUT2D eigenvalue weighted by Crippen LogP contribution is 2.32. The monoisotopic (exact) mass is 366 g/mol. The SMILES string of the molecule is C=CCN1C(=O)C(Nc2cc(Cl)ccc2C)=C(c2ccc(C)cc2)C1=O. The predicted octanol–water partition coefficient (Wildman–Crippen LogP) is 4.33. The van der Waals surface area contributed by atoms with E-state index in [0.717, 1.165) is 11.1 Å². The lowest BCUT2D eigenvalue weighted by Crippen LogP contribution is -2.32. The number of halogens is 1. The summed E-state index contributed by atoms with van der Waals surface area (Å²) in [6.45, 7) is 7.67. The number of amides is 2. The summed E-state index contributed by atoms with van der Waals surface area (Å²) in [7, 11) is 0. The zero-order valence-corrected chi connectivity index (χ0v) is 15.4. The molecule has 0 fully saturated rings. The van der Waals surface area contributed by atoms with Crippen LogP contribution in [0.15, 0.2) is 60.8 Å². The summed E-state index contributed by atoms with van der Waals surface area (Å²) in [6.07, 6.45) is 1.54. The van der Waals surface area contributed by atoms with Crippen LogP contribution in [0.2, 0.25) is 5.02 Å². The van der Waals surface area contributed by atoms with Gasteiger partial charge in [-0.25, -0.2) is 0 Å². The molecule has 0 atom stereocenters. The van der Waals surface area contributed by atoms with Gasteiger partial charge in [0.25, 0.3) is 11.8 Å². The molecule has 0 unspecified atom stereocenters.